The zero-order valence-electron chi connectivity index (χ0n) is 16.5. The standard InChI is InChI=1S/C23H21N5OS/c1-17-9-11-20(12-10-17)25-21(29)16-30-23-27-26-22(19-8-5-13-24-14-19)28(23)15-18-6-3-2-4-7-18/h2-14H,15-16H2,1H3,(H,25,29). The van der Waals surface area contributed by atoms with E-state index in [9.17, 15) is 4.79 Å². The van der Waals surface area contributed by atoms with Crippen molar-refractivity contribution in [2.45, 2.75) is 18.6 Å². The number of thioether (sulfide) groups is 1. The zero-order chi connectivity index (χ0) is 20.8. The lowest BCUT2D eigenvalue weighted by molar-refractivity contribution is -0.113. The van der Waals surface area contributed by atoms with Crippen molar-refractivity contribution in [2.24, 2.45) is 0 Å². The van der Waals surface area contributed by atoms with Gasteiger partial charge in [0.25, 0.3) is 0 Å². The number of pyridine rings is 1. The van der Waals surface area contributed by atoms with Crippen molar-refractivity contribution in [3.8, 4) is 11.4 Å². The third-order valence-corrected chi connectivity index (χ3v) is 5.45. The summed E-state index contributed by atoms with van der Waals surface area (Å²) in [7, 11) is 0. The van der Waals surface area contributed by atoms with Gasteiger partial charge < -0.3 is 5.32 Å². The van der Waals surface area contributed by atoms with Gasteiger partial charge in [-0.2, -0.15) is 0 Å². The normalized spacial score (nSPS) is 10.7. The van der Waals surface area contributed by atoms with Crippen molar-refractivity contribution in [1.29, 1.82) is 0 Å². The summed E-state index contributed by atoms with van der Waals surface area (Å²) in [6.07, 6.45) is 3.50. The van der Waals surface area contributed by atoms with Crippen LogP contribution in [0.25, 0.3) is 11.4 Å². The molecule has 0 saturated carbocycles. The Morgan fingerprint density at radius 2 is 1.80 bits per heavy atom. The SMILES string of the molecule is Cc1ccc(NC(=O)CSc2nnc(-c3cccnc3)n2Cc2ccccc2)cc1. The number of rotatable bonds is 7. The molecule has 0 radical (unpaired) electrons. The van der Waals surface area contributed by atoms with Gasteiger partial charge in [0.2, 0.25) is 5.91 Å². The van der Waals surface area contributed by atoms with Gasteiger partial charge >= 0.3 is 0 Å². The fraction of sp³-hybridized carbons (Fsp3) is 0.130. The number of anilines is 1. The molecule has 0 fully saturated rings. The summed E-state index contributed by atoms with van der Waals surface area (Å²) in [5, 5.41) is 12.3. The van der Waals surface area contributed by atoms with Gasteiger partial charge in [-0.15, -0.1) is 10.2 Å². The fourth-order valence-electron chi connectivity index (χ4n) is 2.98. The molecule has 0 bridgehead atoms. The predicted octanol–water partition coefficient (Wildman–Crippen LogP) is 4.43. The first kappa shape index (κ1) is 19.8. The molecule has 1 N–H and O–H groups in total. The number of benzene rings is 2. The largest absolute Gasteiger partial charge is 0.325 e. The number of nitrogens with zero attached hydrogens (tertiary/aromatic N) is 4. The Balaban J connectivity index is 1.52. The molecule has 0 aliphatic rings. The second-order valence-electron chi connectivity index (χ2n) is 6.82. The van der Waals surface area contributed by atoms with Crippen molar-refractivity contribution in [2.75, 3.05) is 11.1 Å². The fourth-order valence-corrected chi connectivity index (χ4v) is 3.71. The first-order chi connectivity index (χ1) is 14.7. The highest BCUT2D eigenvalue weighted by Crippen LogP contribution is 2.25. The van der Waals surface area contributed by atoms with E-state index in [4.69, 9.17) is 0 Å². The Bertz CT molecular complexity index is 1110. The van der Waals surface area contributed by atoms with Gasteiger partial charge in [-0.25, -0.2) is 0 Å². The molecule has 4 rings (SSSR count). The smallest absolute Gasteiger partial charge is 0.234 e. The number of aryl methyl sites for hydroxylation is 1. The highest BCUT2D eigenvalue weighted by Gasteiger charge is 2.16. The van der Waals surface area contributed by atoms with Crippen LogP contribution in [0.15, 0.2) is 84.3 Å². The highest BCUT2D eigenvalue weighted by atomic mass is 32.2. The molecule has 7 heteroatoms. The molecular weight excluding hydrogens is 394 g/mol. The van der Waals surface area contributed by atoms with Crippen LogP contribution >= 0.6 is 11.8 Å². The van der Waals surface area contributed by atoms with E-state index in [1.54, 1.807) is 12.4 Å². The molecule has 0 aliphatic heterocycles. The molecule has 0 unspecified atom stereocenters. The highest BCUT2D eigenvalue weighted by molar-refractivity contribution is 7.99. The van der Waals surface area contributed by atoms with Crippen LogP contribution in [-0.2, 0) is 11.3 Å². The lowest BCUT2D eigenvalue weighted by Crippen LogP contribution is -2.14. The minimum absolute atomic E-state index is 0.0824. The summed E-state index contributed by atoms with van der Waals surface area (Å²) in [6.45, 7) is 2.63. The number of carbonyl (C=O) groups excluding carboxylic acids is 1. The van der Waals surface area contributed by atoms with Gasteiger partial charge in [0, 0.05) is 23.6 Å². The topological polar surface area (TPSA) is 72.7 Å². The molecule has 2 aromatic heterocycles. The molecule has 2 aromatic carbocycles. The van der Waals surface area contributed by atoms with Crippen LogP contribution in [0.4, 0.5) is 5.69 Å². The van der Waals surface area contributed by atoms with Gasteiger partial charge in [-0.1, -0.05) is 59.8 Å². The Kier molecular flexibility index (Phi) is 6.20. The summed E-state index contributed by atoms with van der Waals surface area (Å²) in [5.41, 5.74) is 3.96. The first-order valence-corrected chi connectivity index (χ1v) is 10.5. The van der Waals surface area contributed by atoms with E-state index in [1.807, 2.05) is 66.1 Å². The molecule has 0 spiro atoms. The van der Waals surface area contributed by atoms with Crippen LogP contribution in [0.5, 0.6) is 0 Å². The molecule has 0 atom stereocenters. The van der Waals surface area contributed by atoms with Crippen molar-refractivity contribution < 1.29 is 4.79 Å². The van der Waals surface area contributed by atoms with Gasteiger partial charge in [-0.3, -0.25) is 14.3 Å². The van der Waals surface area contributed by atoms with E-state index in [2.05, 4.69) is 32.6 Å². The Morgan fingerprint density at radius 3 is 2.53 bits per heavy atom. The van der Waals surface area contributed by atoms with E-state index in [0.717, 1.165) is 28.2 Å². The van der Waals surface area contributed by atoms with Crippen LogP contribution < -0.4 is 5.32 Å². The first-order valence-electron chi connectivity index (χ1n) is 9.56. The lowest BCUT2D eigenvalue weighted by Gasteiger charge is -2.10. The summed E-state index contributed by atoms with van der Waals surface area (Å²) in [5.74, 6) is 0.892. The van der Waals surface area contributed by atoms with Crippen LogP contribution in [0.3, 0.4) is 0 Å². The summed E-state index contributed by atoms with van der Waals surface area (Å²) >= 11 is 1.37. The molecule has 6 nitrogen and oxygen atoms in total. The number of nitrogens with one attached hydrogen (secondary N) is 1. The van der Waals surface area contributed by atoms with Gasteiger partial charge in [0.15, 0.2) is 11.0 Å². The van der Waals surface area contributed by atoms with Crippen LogP contribution in [0.2, 0.25) is 0 Å². The maximum absolute atomic E-state index is 12.4. The summed E-state index contributed by atoms with van der Waals surface area (Å²) < 4.78 is 2.02. The molecular formula is C23H21N5OS. The van der Waals surface area contributed by atoms with Crippen molar-refractivity contribution in [3.63, 3.8) is 0 Å². The van der Waals surface area contributed by atoms with Crippen molar-refractivity contribution in [3.05, 3.63) is 90.3 Å². The minimum Gasteiger partial charge on any atom is -0.325 e. The second-order valence-corrected chi connectivity index (χ2v) is 7.77. The second kappa shape index (κ2) is 9.37. The molecule has 2 heterocycles. The average Bonchev–Trinajstić information content (AvgIpc) is 3.17. The average molecular weight is 416 g/mol. The van der Waals surface area contributed by atoms with Crippen LogP contribution in [-0.4, -0.2) is 31.4 Å². The third-order valence-electron chi connectivity index (χ3n) is 4.49. The number of carbonyl (C=O) groups is 1. The maximum atomic E-state index is 12.4. The molecule has 150 valence electrons. The van der Waals surface area contributed by atoms with E-state index >= 15 is 0 Å². The number of aromatic nitrogens is 4. The van der Waals surface area contributed by atoms with Crippen LogP contribution in [0.1, 0.15) is 11.1 Å². The monoisotopic (exact) mass is 415 g/mol. The molecule has 0 aliphatic carbocycles. The van der Waals surface area contributed by atoms with Crippen molar-refractivity contribution in [1.82, 2.24) is 19.7 Å². The zero-order valence-corrected chi connectivity index (χ0v) is 17.3. The Labute approximate surface area is 179 Å². The van der Waals surface area contributed by atoms with Gasteiger partial charge in [0.05, 0.1) is 12.3 Å². The Hall–Kier alpha value is -3.45. The molecule has 0 saturated heterocycles. The number of hydrogen-bond donors (Lipinski definition) is 1. The van der Waals surface area contributed by atoms with Crippen LogP contribution in [0, 0.1) is 6.92 Å². The quantitative estimate of drug-likeness (QED) is 0.452. The number of hydrogen-bond acceptors (Lipinski definition) is 5. The van der Waals surface area contributed by atoms with Gasteiger partial charge in [0.1, 0.15) is 0 Å². The van der Waals surface area contributed by atoms with Crippen molar-refractivity contribution >= 4 is 23.4 Å². The number of amides is 1. The molecule has 4 aromatic rings. The van der Waals surface area contributed by atoms with E-state index in [0.29, 0.717) is 11.7 Å². The lowest BCUT2D eigenvalue weighted by atomic mass is 10.2. The molecule has 30 heavy (non-hydrogen) atoms. The predicted molar refractivity (Wildman–Crippen MR) is 119 cm³/mol. The third kappa shape index (κ3) is 4.93. The molecule has 1 amide bonds. The van der Waals surface area contributed by atoms with E-state index in [1.165, 1.54) is 11.8 Å². The maximum Gasteiger partial charge on any atom is 0.234 e. The van der Waals surface area contributed by atoms with E-state index < -0.39 is 0 Å². The summed E-state index contributed by atoms with van der Waals surface area (Å²) in [4.78, 5) is 16.6. The minimum atomic E-state index is -0.0824. The van der Waals surface area contributed by atoms with Gasteiger partial charge in [-0.05, 0) is 36.8 Å². The Morgan fingerprint density at radius 1 is 1.00 bits per heavy atom. The van der Waals surface area contributed by atoms with E-state index in [-0.39, 0.29) is 11.7 Å². The summed E-state index contributed by atoms with van der Waals surface area (Å²) in [6, 6.07) is 21.7.